The van der Waals surface area contributed by atoms with Crippen molar-refractivity contribution in [3.8, 4) is 0 Å². The normalized spacial score (nSPS) is 11.0. The minimum absolute atomic E-state index is 0.189. The molecular weight excluding hydrogens is 448 g/mol. The molecule has 0 atom stereocenters. The highest BCUT2D eigenvalue weighted by molar-refractivity contribution is 5.98. The Balaban J connectivity index is 2.76. The molecule has 0 saturated carbocycles. The van der Waals surface area contributed by atoms with Crippen molar-refractivity contribution >= 4 is 29.4 Å². The smallest absolute Gasteiger partial charge is 0.338 e. The van der Waals surface area contributed by atoms with Gasteiger partial charge in [-0.2, -0.15) is 0 Å². The lowest BCUT2D eigenvalue weighted by Gasteiger charge is -2.14. The second kappa shape index (κ2) is 16.7. The van der Waals surface area contributed by atoms with Crippen molar-refractivity contribution in [3.05, 3.63) is 23.8 Å². The number of amides is 4. The molecule has 4 amide bonds. The molecule has 1 aromatic carbocycles. The lowest BCUT2D eigenvalue weighted by atomic mass is 10.1. The van der Waals surface area contributed by atoms with Crippen LogP contribution in [0.5, 0.6) is 0 Å². The van der Waals surface area contributed by atoms with Gasteiger partial charge < -0.3 is 35.8 Å². The summed E-state index contributed by atoms with van der Waals surface area (Å²) >= 11 is 0. The zero-order chi connectivity index (χ0) is 26.2. The van der Waals surface area contributed by atoms with Gasteiger partial charge in [0, 0.05) is 24.5 Å². The number of carbonyl (C=O) groups excluding carboxylic acids is 3. The Morgan fingerprint density at radius 1 is 0.771 bits per heavy atom. The number of rotatable bonds is 15. The van der Waals surface area contributed by atoms with Gasteiger partial charge >= 0.3 is 18.0 Å². The maximum Gasteiger partial charge on any atom is 0.338 e. The van der Waals surface area contributed by atoms with Gasteiger partial charge in [-0.05, 0) is 91.1 Å². The maximum absolute atomic E-state index is 12.5. The molecule has 198 valence electrons. The lowest BCUT2D eigenvalue weighted by Crippen LogP contribution is -2.31. The third kappa shape index (κ3) is 14.9. The second-order valence-electron chi connectivity index (χ2n) is 9.57. The van der Waals surface area contributed by atoms with Gasteiger partial charge in [-0.15, -0.1) is 0 Å². The van der Waals surface area contributed by atoms with Gasteiger partial charge in [0.1, 0.15) is 0 Å². The van der Waals surface area contributed by atoms with Crippen LogP contribution in [0.3, 0.4) is 0 Å². The van der Waals surface area contributed by atoms with E-state index in [1.165, 1.54) is 0 Å². The minimum atomic E-state index is -0.515. The Labute approximate surface area is 210 Å². The van der Waals surface area contributed by atoms with Gasteiger partial charge in [-0.3, -0.25) is 0 Å². The summed E-state index contributed by atoms with van der Waals surface area (Å²) in [4.78, 5) is 41.4. The van der Waals surface area contributed by atoms with Crippen molar-refractivity contribution in [2.45, 2.75) is 39.5 Å². The molecule has 0 bridgehead atoms. The van der Waals surface area contributed by atoms with Crippen LogP contribution in [0, 0.1) is 5.92 Å². The van der Waals surface area contributed by atoms with Crippen molar-refractivity contribution in [1.82, 2.24) is 20.4 Å². The van der Waals surface area contributed by atoms with Crippen LogP contribution in [-0.4, -0.2) is 88.8 Å². The Bertz CT molecular complexity index is 748. The van der Waals surface area contributed by atoms with E-state index in [0.717, 1.165) is 38.8 Å². The molecule has 0 radical (unpaired) electrons. The van der Waals surface area contributed by atoms with E-state index in [-0.39, 0.29) is 30.2 Å². The third-order valence-corrected chi connectivity index (χ3v) is 4.87. The first-order valence-electron chi connectivity index (χ1n) is 12.3. The van der Waals surface area contributed by atoms with E-state index < -0.39 is 5.97 Å². The van der Waals surface area contributed by atoms with Gasteiger partial charge in [0.2, 0.25) is 0 Å². The summed E-state index contributed by atoms with van der Waals surface area (Å²) in [6.07, 6.45) is 3.66. The molecule has 0 fully saturated rings. The van der Waals surface area contributed by atoms with Crippen LogP contribution in [0.4, 0.5) is 21.0 Å². The lowest BCUT2D eigenvalue weighted by molar-refractivity contribution is 0.0459. The van der Waals surface area contributed by atoms with Crippen LogP contribution in [0.1, 0.15) is 49.9 Å². The second-order valence-corrected chi connectivity index (χ2v) is 9.57. The fourth-order valence-electron chi connectivity index (χ4n) is 3.08. The molecule has 1 rings (SSSR count). The van der Waals surface area contributed by atoms with E-state index in [2.05, 4.69) is 31.1 Å². The Hall–Kier alpha value is -2.85. The molecule has 0 aromatic heterocycles. The zero-order valence-corrected chi connectivity index (χ0v) is 22.2. The van der Waals surface area contributed by atoms with Crippen LogP contribution < -0.4 is 21.3 Å². The number of esters is 1. The molecule has 0 heterocycles. The number of urea groups is 2. The average Bonchev–Trinajstić information content (AvgIpc) is 2.76. The average molecular weight is 493 g/mol. The number of carbonyl (C=O) groups is 3. The number of anilines is 2. The summed E-state index contributed by atoms with van der Waals surface area (Å²) in [7, 11) is 8.04. The molecular formula is C25H44N6O4. The highest BCUT2D eigenvalue weighted by Gasteiger charge is 2.14. The summed E-state index contributed by atoms with van der Waals surface area (Å²) in [5.41, 5.74) is 1.02. The molecule has 0 aliphatic heterocycles. The van der Waals surface area contributed by atoms with Crippen molar-refractivity contribution in [1.29, 1.82) is 0 Å². The van der Waals surface area contributed by atoms with Gasteiger partial charge in [-0.1, -0.05) is 13.8 Å². The Morgan fingerprint density at radius 3 is 1.63 bits per heavy atom. The van der Waals surface area contributed by atoms with E-state index in [1.54, 1.807) is 18.2 Å². The number of nitrogens with zero attached hydrogens (tertiary/aromatic N) is 2. The summed E-state index contributed by atoms with van der Waals surface area (Å²) in [6, 6.07) is 3.94. The Morgan fingerprint density at radius 2 is 1.23 bits per heavy atom. The molecule has 1 aromatic rings. The van der Waals surface area contributed by atoms with Gasteiger partial charge in [0.25, 0.3) is 0 Å². The minimum Gasteiger partial charge on any atom is -0.462 e. The monoisotopic (exact) mass is 492 g/mol. The molecule has 35 heavy (non-hydrogen) atoms. The number of hydrogen-bond donors (Lipinski definition) is 4. The third-order valence-electron chi connectivity index (χ3n) is 4.87. The van der Waals surface area contributed by atoms with Crippen molar-refractivity contribution in [3.63, 3.8) is 0 Å². The summed E-state index contributed by atoms with van der Waals surface area (Å²) in [5.74, 6) is -0.326. The largest absolute Gasteiger partial charge is 0.462 e. The van der Waals surface area contributed by atoms with Gasteiger partial charge in [0.05, 0.1) is 12.2 Å². The van der Waals surface area contributed by atoms with E-state index in [9.17, 15) is 14.4 Å². The van der Waals surface area contributed by atoms with Gasteiger partial charge in [0.15, 0.2) is 0 Å². The number of hydrogen-bond acceptors (Lipinski definition) is 6. The number of ether oxygens (including phenoxy) is 1. The van der Waals surface area contributed by atoms with E-state index in [4.69, 9.17) is 4.74 Å². The molecule has 0 saturated heterocycles. The molecule has 0 aliphatic carbocycles. The van der Waals surface area contributed by atoms with E-state index in [0.29, 0.717) is 24.5 Å². The molecule has 0 spiro atoms. The van der Waals surface area contributed by atoms with Gasteiger partial charge in [-0.25, -0.2) is 14.4 Å². The van der Waals surface area contributed by atoms with Crippen LogP contribution in [0.25, 0.3) is 0 Å². The molecule has 10 nitrogen and oxygen atoms in total. The predicted octanol–water partition coefficient (Wildman–Crippen LogP) is 3.43. The Kier molecular flexibility index (Phi) is 14.4. The summed E-state index contributed by atoms with van der Waals surface area (Å²) in [6.45, 7) is 7.16. The standard InChI is InChI=1S/C25H44N6O4/c1-19(2)18-35-23(32)20-15-21(28-24(33)26-11-7-9-13-30(3)4)17-22(16-20)29-25(34)27-12-8-10-14-31(5)6/h15-17,19H,7-14,18H2,1-6H3,(H2,26,28,33)(H2,27,29,34). The topological polar surface area (TPSA) is 115 Å². The van der Waals surface area contributed by atoms with E-state index in [1.807, 2.05) is 42.0 Å². The van der Waals surface area contributed by atoms with Crippen molar-refractivity contribution < 1.29 is 19.1 Å². The maximum atomic E-state index is 12.5. The molecule has 4 N–H and O–H groups in total. The number of benzene rings is 1. The van der Waals surface area contributed by atoms with E-state index >= 15 is 0 Å². The van der Waals surface area contributed by atoms with Crippen molar-refractivity contribution in [2.75, 3.05) is 71.6 Å². The first kappa shape index (κ1) is 30.2. The predicted molar refractivity (Wildman–Crippen MR) is 141 cm³/mol. The quantitative estimate of drug-likeness (QED) is 0.220. The highest BCUT2D eigenvalue weighted by atomic mass is 16.5. The molecule has 0 aliphatic rings. The summed E-state index contributed by atoms with van der Waals surface area (Å²) < 4.78 is 5.33. The number of unbranched alkanes of at least 4 members (excludes halogenated alkanes) is 2. The molecule has 0 unspecified atom stereocenters. The summed E-state index contributed by atoms with van der Waals surface area (Å²) in [5, 5.41) is 11.1. The highest BCUT2D eigenvalue weighted by Crippen LogP contribution is 2.20. The van der Waals surface area contributed by atoms with Crippen molar-refractivity contribution in [2.24, 2.45) is 5.92 Å². The van der Waals surface area contributed by atoms with Crippen LogP contribution in [-0.2, 0) is 4.74 Å². The molecule has 10 heteroatoms. The first-order valence-corrected chi connectivity index (χ1v) is 12.3. The fourth-order valence-corrected chi connectivity index (χ4v) is 3.08. The van der Waals surface area contributed by atoms with Crippen LogP contribution in [0.2, 0.25) is 0 Å². The van der Waals surface area contributed by atoms with Crippen LogP contribution in [0.15, 0.2) is 18.2 Å². The zero-order valence-electron chi connectivity index (χ0n) is 22.2. The fraction of sp³-hybridized carbons (Fsp3) is 0.640. The van der Waals surface area contributed by atoms with Crippen LogP contribution >= 0.6 is 0 Å². The first-order chi connectivity index (χ1) is 16.6. The number of nitrogens with one attached hydrogen (secondary N) is 4. The SMILES string of the molecule is CC(C)COC(=O)c1cc(NC(=O)NCCCCN(C)C)cc(NC(=O)NCCCCN(C)C)c1.